The number of ketones is 1. The fourth-order valence-electron chi connectivity index (χ4n) is 5.57. The Kier molecular flexibility index (Phi) is 6.06. The number of hydrogen-bond acceptors (Lipinski definition) is 3. The van der Waals surface area contributed by atoms with Gasteiger partial charge in [-0.3, -0.25) is 9.69 Å². The van der Waals surface area contributed by atoms with Crippen LogP contribution >= 0.6 is 0 Å². The van der Waals surface area contributed by atoms with Gasteiger partial charge in [-0.15, -0.1) is 0 Å². The van der Waals surface area contributed by atoms with E-state index in [1.807, 2.05) is 0 Å². The lowest BCUT2D eigenvalue weighted by Gasteiger charge is -2.38. The van der Waals surface area contributed by atoms with Crippen LogP contribution in [0.25, 0.3) is 0 Å². The van der Waals surface area contributed by atoms with Gasteiger partial charge in [0.15, 0.2) is 0 Å². The normalized spacial score (nSPS) is 30.7. The first kappa shape index (κ1) is 18.2. The molecule has 3 aliphatic rings. The Balaban J connectivity index is 1.38. The summed E-state index contributed by atoms with van der Waals surface area (Å²) < 4.78 is 0. The van der Waals surface area contributed by atoms with Crippen LogP contribution in [0.4, 0.5) is 0 Å². The van der Waals surface area contributed by atoms with Gasteiger partial charge in [0.05, 0.1) is 6.04 Å². The molecule has 0 amide bonds. The lowest BCUT2D eigenvalue weighted by molar-refractivity contribution is -0.125. The van der Waals surface area contributed by atoms with Crippen LogP contribution in [0, 0.1) is 5.92 Å². The highest BCUT2D eigenvalue weighted by Crippen LogP contribution is 2.34. The van der Waals surface area contributed by atoms with Gasteiger partial charge in [0.2, 0.25) is 0 Å². The van der Waals surface area contributed by atoms with Gasteiger partial charge in [-0.2, -0.15) is 0 Å². The summed E-state index contributed by atoms with van der Waals surface area (Å²) >= 11 is 0. The van der Waals surface area contributed by atoms with E-state index in [4.69, 9.17) is 0 Å². The first-order valence-electron chi connectivity index (χ1n) is 10.9. The third-order valence-corrected chi connectivity index (χ3v) is 6.91. The maximum atomic E-state index is 13.2. The van der Waals surface area contributed by atoms with Crippen LogP contribution in [-0.4, -0.2) is 47.3 Å². The van der Waals surface area contributed by atoms with Gasteiger partial charge in [-0.25, -0.2) is 0 Å². The molecule has 3 fully saturated rings. The van der Waals surface area contributed by atoms with Gasteiger partial charge in [-0.05, 0) is 69.6 Å². The van der Waals surface area contributed by atoms with Gasteiger partial charge in [0.25, 0.3) is 0 Å². The predicted octanol–water partition coefficient (Wildman–Crippen LogP) is 4.26. The van der Waals surface area contributed by atoms with Crippen LogP contribution in [0.1, 0.15) is 63.4 Å². The Morgan fingerprint density at radius 1 is 0.885 bits per heavy atom. The number of likely N-dealkylation sites (tertiary alicyclic amines) is 2. The van der Waals surface area contributed by atoms with Crippen molar-refractivity contribution >= 4 is 5.78 Å². The highest BCUT2D eigenvalue weighted by Gasteiger charge is 2.36. The molecular formula is C23H34N2O. The quantitative estimate of drug-likeness (QED) is 0.762. The van der Waals surface area contributed by atoms with E-state index in [1.54, 1.807) is 0 Å². The molecule has 26 heavy (non-hydrogen) atoms. The van der Waals surface area contributed by atoms with Crippen molar-refractivity contribution < 1.29 is 4.79 Å². The second-order valence-electron chi connectivity index (χ2n) is 8.64. The zero-order valence-corrected chi connectivity index (χ0v) is 16.1. The van der Waals surface area contributed by atoms with Crippen molar-refractivity contribution in [1.29, 1.82) is 0 Å². The predicted molar refractivity (Wildman–Crippen MR) is 106 cm³/mol. The molecule has 0 spiro atoms. The van der Waals surface area contributed by atoms with Crippen LogP contribution in [0.5, 0.6) is 0 Å². The molecule has 142 valence electrons. The number of carbonyl (C=O) groups is 1. The first-order valence-corrected chi connectivity index (χ1v) is 10.9. The Bertz CT molecular complexity index is 581. The average molecular weight is 355 g/mol. The minimum Gasteiger partial charge on any atom is -0.300 e. The fraction of sp³-hybridized carbons (Fsp3) is 0.696. The smallest absolute Gasteiger partial charge is 0.150 e. The molecule has 3 heteroatoms. The van der Waals surface area contributed by atoms with Gasteiger partial charge < -0.3 is 4.90 Å². The highest BCUT2D eigenvalue weighted by molar-refractivity contribution is 5.84. The van der Waals surface area contributed by atoms with Crippen LogP contribution in [0.15, 0.2) is 30.3 Å². The highest BCUT2D eigenvalue weighted by atomic mass is 16.1. The Labute approximate surface area is 158 Å². The van der Waals surface area contributed by atoms with Gasteiger partial charge >= 0.3 is 0 Å². The molecule has 1 aromatic rings. The number of rotatable bonds is 6. The van der Waals surface area contributed by atoms with Crippen molar-refractivity contribution in [3.8, 4) is 0 Å². The lowest BCUT2D eigenvalue weighted by atomic mass is 9.79. The van der Waals surface area contributed by atoms with Crippen molar-refractivity contribution in [2.75, 3.05) is 19.6 Å². The van der Waals surface area contributed by atoms with E-state index < -0.39 is 0 Å². The molecule has 3 nitrogen and oxygen atoms in total. The van der Waals surface area contributed by atoms with E-state index in [-0.39, 0.29) is 6.04 Å². The minimum absolute atomic E-state index is 0.163. The van der Waals surface area contributed by atoms with E-state index >= 15 is 0 Å². The molecule has 4 rings (SSSR count). The van der Waals surface area contributed by atoms with E-state index in [0.29, 0.717) is 17.7 Å². The molecule has 1 saturated carbocycles. The summed E-state index contributed by atoms with van der Waals surface area (Å²) in [7, 11) is 0. The summed E-state index contributed by atoms with van der Waals surface area (Å²) in [4.78, 5) is 18.4. The third-order valence-electron chi connectivity index (χ3n) is 6.91. The van der Waals surface area contributed by atoms with Crippen LogP contribution in [0.3, 0.4) is 0 Å². The molecule has 0 radical (unpaired) electrons. The van der Waals surface area contributed by atoms with E-state index in [2.05, 4.69) is 40.1 Å². The van der Waals surface area contributed by atoms with E-state index in [9.17, 15) is 4.79 Å². The topological polar surface area (TPSA) is 23.6 Å². The summed E-state index contributed by atoms with van der Waals surface area (Å²) in [6.07, 6.45) is 11.0. The van der Waals surface area contributed by atoms with Gasteiger partial charge in [0, 0.05) is 19.0 Å². The summed E-state index contributed by atoms with van der Waals surface area (Å²) in [5.41, 5.74) is 1.33. The maximum Gasteiger partial charge on any atom is 0.150 e. The summed E-state index contributed by atoms with van der Waals surface area (Å²) in [6, 6.07) is 11.5. The monoisotopic (exact) mass is 354 g/mol. The summed E-state index contributed by atoms with van der Waals surface area (Å²) in [6.45, 7) is 4.53. The van der Waals surface area contributed by atoms with Crippen molar-refractivity contribution in [2.24, 2.45) is 5.92 Å². The molecule has 2 heterocycles. The van der Waals surface area contributed by atoms with Gasteiger partial charge in [0.1, 0.15) is 5.78 Å². The molecule has 2 saturated heterocycles. The average Bonchev–Trinajstić information content (AvgIpc) is 3.35. The largest absolute Gasteiger partial charge is 0.300 e. The number of nitrogens with zero attached hydrogens (tertiary/aromatic N) is 2. The van der Waals surface area contributed by atoms with Crippen LogP contribution in [-0.2, 0) is 11.3 Å². The molecule has 1 aliphatic carbocycles. The second kappa shape index (κ2) is 8.67. The number of hydrogen-bond donors (Lipinski definition) is 0. The molecule has 0 aromatic heterocycles. The standard InChI is InChI=1S/C23H34N2O/c26-23(17-20-11-4-5-12-21(20)24-14-6-7-15-24)22-13-8-16-25(22)18-19-9-2-1-3-10-19/h1-3,9-10,20-22H,4-8,11-18H2/t20-,21+,22?/m1/s1. The maximum absolute atomic E-state index is 13.2. The number of Topliss-reactive ketones (excluding diaryl/α,β-unsaturated/α-hetero) is 1. The molecule has 0 bridgehead atoms. The Morgan fingerprint density at radius 3 is 2.46 bits per heavy atom. The van der Waals surface area contributed by atoms with Crippen molar-refractivity contribution in [1.82, 2.24) is 9.80 Å². The van der Waals surface area contributed by atoms with Crippen molar-refractivity contribution in [3.63, 3.8) is 0 Å². The SMILES string of the molecule is O=C(C[C@H]1CCCC[C@@H]1N1CCCC1)C1CCCN1Cc1ccccc1. The molecular weight excluding hydrogens is 320 g/mol. The van der Waals surface area contributed by atoms with Crippen LogP contribution < -0.4 is 0 Å². The zero-order chi connectivity index (χ0) is 17.8. The van der Waals surface area contributed by atoms with Crippen molar-refractivity contribution in [3.05, 3.63) is 35.9 Å². The molecule has 2 aliphatic heterocycles. The first-order chi connectivity index (χ1) is 12.8. The molecule has 1 unspecified atom stereocenters. The minimum atomic E-state index is 0.163. The lowest BCUT2D eigenvalue weighted by Crippen LogP contribution is -2.43. The van der Waals surface area contributed by atoms with Gasteiger partial charge in [-0.1, -0.05) is 43.2 Å². The third kappa shape index (κ3) is 4.20. The number of benzene rings is 1. The summed E-state index contributed by atoms with van der Waals surface area (Å²) in [5, 5.41) is 0. The Morgan fingerprint density at radius 2 is 1.65 bits per heavy atom. The second-order valence-corrected chi connectivity index (χ2v) is 8.64. The zero-order valence-electron chi connectivity index (χ0n) is 16.1. The van der Waals surface area contributed by atoms with Crippen molar-refractivity contribution in [2.45, 2.75) is 76.4 Å². The number of carbonyl (C=O) groups excluding carboxylic acids is 1. The molecule has 1 aromatic carbocycles. The molecule has 0 N–H and O–H groups in total. The van der Waals surface area contributed by atoms with E-state index in [1.165, 1.54) is 63.6 Å². The Hall–Kier alpha value is -1.19. The van der Waals surface area contributed by atoms with E-state index in [0.717, 1.165) is 25.9 Å². The van der Waals surface area contributed by atoms with Crippen LogP contribution in [0.2, 0.25) is 0 Å². The molecule has 3 atom stereocenters. The summed E-state index contributed by atoms with van der Waals surface area (Å²) in [5.74, 6) is 1.13. The fourth-order valence-corrected chi connectivity index (χ4v) is 5.57.